The molecule has 5 heteroatoms. The average molecular weight is 315 g/mol. The molecule has 1 aromatic carbocycles. The molecule has 0 fully saturated rings. The standard InChI is InChI=1S/C18H21NO4/c1-10-18(11(2)20)15(21)9-14-13-8-17(23-4)16(22-3)7-12(13)5-6-19(10)14/h7-8,14H,5-6,9H2,1-4H3. The van der Waals surface area contributed by atoms with Gasteiger partial charge >= 0.3 is 0 Å². The molecule has 1 atom stereocenters. The molecule has 5 nitrogen and oxygen atoms in total. The van der Waals surface area contributed by atoms with Crippen LogP contribution in [0, 0.1) is 0 Å². The highest BCUT2D eigenvalue weighted by Gasteiger charge is 2.37. The predicted molar refractivity (Wildman–Crippen MR) is 85.7 cm³/mol. The van der Waals surface area contributed by atoms with Gasteiger partial charge in [0.25, 0.3) is 0 Å². The largest absolute Gasteiger partial charge is 0.493 e. The van der Waals surface area contributed by atoms with Gasteiger partial charge in [-0.05, 0) is 43.5 Å². The van der Waals surface area contributed by atoms with Crippen molar-refractivity contribution in [2.24, 2.45) is 0 Å². The van der Waals surface area contributed by atoms with E-state index in [0.717, 1.165) is 24.2 Å². The summed E-state index contributed by atoms with van der Waals surface area (Å²) in [4.78, 5) is 26.4. The van der Waals surface area contributed by atoms with E-state index in [1.165, 1.54) is 12.5 Å². The summed E-state index contributed by atoms with van der Waals surface area (Å²) in [5, 5.41) is 0. The molecule has 2 heterocycles. The summed E-state index contributed by atoms with van der Waals surface area (Å²) < 4.78 is 10.8. The summed E-state index contributed by atoms with van der Waals surface area (Å²) in [6.07, 6.45) is 1.18. The smallest absolute Gasteiger partial charge is 0.170 e. The first-order valence-electron chi connectivity index (χ1n) is 7.74. The van der Waals surface area contributed by atoms with E-state index in [0.29, 0.717) is 23.5 Å². The number of fused-ring (bicyclic) bond motifs is 3. The lowest BCUT2D eigenvalue weighted by atomic mass is 9.83. The maximum atomic E-state index is 12.4. The second-order valence-corrected chi connectivity index (χ2v) is 6.01. The summed E-state index contributed by atoms with van der Waals surface area (Å²) in [6.45, 7) is 4.12. The zero-order valence-electron chi connectivity index (χ0n) is 13.9. The second kappa shape index (κ2) is 5.72. The van der Waals surface area contributed by atoms with Crippen LogP contribution in [0.25, 0.3) is 0 Å². The Bertz CT molecular complexity index is 720. The van der Waals surface area contributed by atoms with Gasteiger partial charge in [-0.1, -0.05) is 0 Å². The molecule has 0 spiro atoms. The molecule has 2 aliphatic rings. The molecule has 0 bridgehead atoms. The molecular formula is C18H21NO4. The van der Waals surface area contributed by atoms with Gasteiger partial charge in [0.05, 0.1) is 25.8 Å². The summed E-state index contributed by atoms with van der Waals surface area (Å²) in [5.74, 6) is 1.15. The first-order valence-corrected chi connectivity index (χ1v) is 7.74. The van der Waals surface area contributed by atoms with E-state index in [2.05, 4.69) is 4.90 Å². The van der Waals surface area contributed by atoms with Gasteiger partial charge in [-0.3, -0.25) is 9.59 Å². The number of benzene rings is 1. The lowest BCUT2D eigenvalue weighted by Gasteiger charge is -2.43. The maximum absolute atomic E-state index is 12.4. The quantitative estimate of drug-likeness (QED) is 0.802. The van der Waals surface area contributed by atoms with Crippen LogP contribution in [0.5, 0.6) is 11.5 Å². The van der Waals surface area contributed by atoms with E-state index in [4.69, 9.17) is 9.47 Å². The molecular weight excluding hydrogens is 294 g/mol. The number of Topliss-reactive ketones (excluding diaryl/α,β-unsaturated/α-hetero) is 2. The summed E-state index contributed by atoms with van der Waals surface area (Å²) in [7, 11) is 3.23. The van der Waals surface area contributed by atoms with E-state index in [-0.39, 0.29) is 17.6 Å². The Morgan fingerprint density at radius 1 is 1.22 bits per heavy atom. The third kappa shape index (κ3) is 2.40. The molecule has 23 heavy (non-hydrogen) atoms. The average Bonchev–Trinajstić information content (AvgIpc) is 2.52. The Morgan fingerprint density at radius 3 is 2.48 bits per heavy atom. The van der Waals surface area contributed by atoms with Crippen LogP contribution in [0.1, 0.15) is 37.4 Å². The van der Waals surface area contributed by atoms with Crippen LogP contribution in [0.15, 0.2) is 23.4 Å². The minimum Gasteiger partial charge on any atom is -0.493 e. The molecule has 3 rings (SSSR count). The summed E-state index contributed by atoms with van der Waals surface area (Å²) in [6, 6.07) is 3.92. The third-order valence-corrected chi connectivity index (χ3v) is 4.80. The van der Waals surface area contributed by atoms with E-state index < -0.39 is 0 Å². The van der Waals surface area contributed by atoms with Crippen molar-refractivity contribution in [1.29, 1.82) is 0 Å². The normalized spacial score (nSPS) is 20.1. The molecule has 0 aromatic heterocycles. The number of methoxy groups -OCH3 is 2. The van der Waals surface area contributed by atoms with Gasteiger partial charge in [0.15, 0.2) is 23.1 Å². The van der Waals surface area contributed by atoms with E-state index in [9.17, 15) is 9.59 Å². The Morgan fingerprint density at radius 2 is 1.87 bits per heavy atom. The minimum absolute atomic E-state index is 0.0332. The summed E-state index contributed by atoms with van der Waals surface area (Å²) in [5.41, 5.74) is 3.41. The van der Waals surface area contributed by atoms with Crippen LogP contribution in [0.2, 0.25) is 0 Å². The number of allylic oxidation sites excluding steroid dienone is 2. The van der Waals surface area contributed by atoms with Gasteiger partial charge in [0.1, 0.15) is 0 Å². The molecule has 0 amide bonds. The third-order valence-electron chi connectivity index (χ3n) is 4.80. The molecule has 0 radical (unpaired) electrons. The highest BCUT2D eigenvalue weighted by Crippen LogP contribution is 2.43. The highest BCUT2D eigenvalue weighted by atomic mass is 16.5. The Balaban J connectivity index is 2.10. The van der Waals surface area contributed by atoms with Gasteiger partial charge in [0.2, 0.25) is 0 Å². The number of nitrogens with zero attached hydrogens (tertiary/aromatic N) is 1. The first-order chi connectivity index (χ1) is 11.0. The van der Waals surface area contributed by atoms with E-state index in [1.54, 1.807) is 14.2 Å². The number of hydrogen-bond acceptors (Lipinski definition) is 5. The zero-order valence-corrected chi connectivity index (χ0v) is 13.9. The number of carbonyl (C=O) groups excluding carboxylic acids is 2. The van der Waals surface area contributed by atoms with Crippen LogP contribution >= 0.6 is 0 Å². The van der Waals surface area contributed by atoms with Crippen LogP contribution in [0.4, 0.5) is 0 Å². The van der Waals surface area contributed by atoms with Crippen LogP contribution < -0.4 is 9.47 Å². The van der Waals surface area contributed by atoms with Crippen molar-refractivity contribution in [1.82, 2.24) is 4.90 Å². The summed E-state index contributed by atoms with van der Waals surface area (Å²) >= 11 is 0. The maximum Gasteiger partial charge on any atom is 0.170 e. The van der Waals surface area contributed by atoms with Gasteiger partial charge in [-0.25, -0.2) is 0 Å². The molecule has 0 N–H and O–H groups in total. The van der Waals surface area contributed by atoms with Crippen molar-refractivity contribution in [2.75, 3.05) is 20.8 Å². The van der Waals surface area contributed by atoms with Crippen molar-refractivity contribution in [2.45, 2.75) is 32.7 Å². The van der Waals surface area contributed by atoms with Crippen molar-refractivity contribution >= 4 is 11.6 Å². The van der Waals surface area contributed by atoms with Crippen LogP contribution in [0.3, 0.4) is 0 Å². The number of ketones is 2. The van der Waals surface area contributed by atoms with Gasteiger partial charge < -0.3 is 14.4 Å². The predicted octanol–water partition coefficient (Wildman–Crippen LogP) is 2.44. The van der Waals surface area contributed by atoms with Crippen molar-refractivity contribution in [3.63, 3.8) is 0 Å². The van der Waals surface area contributed by atoms with Crippen LogP contribution in [-0.4, -0.2) is 37.2 Å². The monoisotopic (exact) mass is 315 g/mol. The van der Waals surface area contributed by atoms with Crippen molar-refractivity contribution in [3.8, 4) is 11.5 Å². The highest BCUT2D eigenvalue weighted by molar-refractivity contribution is 6.20. The van der Waals surface area contributed by atoms with E-state index >= 15 is 0 Å². The fourth-order valence-electron chi connectivity index (χ4n) is 3.72. The lowest BCUT2D eigenvalue weighted by molar-refractivity contribution is -0.122. The second-order valence-electron chi connectivity index (χ2n) is 6.01. The molecule has 1 unspecified atom stereocenters. The molecule has 1 aromatic rings. The molecule has 122 valence electrons. The number of rotatable bonds is 3. The Kier molecular flexibility index (Phi) is 3.88. The zero-order chi connectivity index (χ0) is 16.7. The fourth-order valence-corrected chi connectivity index (χ4v) is 3.72. The molecule has 0 saturated heterocycles. The van der Waals surface area contributed by atoms with Crippen molar-refractivity contribution in [3.05, 3.63) is 34.5 Å². The Labute approximate surface area is 135 Å². The lowest BCUT2D eigenvalue weighted by Crippen LogP contribution is -2.41. The van der Waals surface area contributed by atoms with E-state index in [1.807, 2.05) is 19.1 Å². The fraction of sp³-hybridized carbons (Fsp3) is 0.444. The van der Waals surface area contributed by atoms with Gasteiger partial charge in [-0.2, -0.15) is 0 Å². The number of carbonyl (C=O) groups is 2. The van der Waals surface area contributed by atoms with Gasteiger partial charge in [-0.15, -0.1) is 0 Å². The molecule has 0 saturated carbocycles. The van der Waals surface area contributed by atoms with Gasteiger partial charge in [0, 0.05) is 18.7 Å². The van der Waals surface area contributed by atoms with Crippen molar-refractivity contribution < 1.29 is 19.1 Å². The molecule has 2 aliphatic heterocycles. The number of hydrogen-bond donors (Lipinski definition) is 0. The molecule has 0 aliphatic carbocycles. The number of ether oxygens (including phenoxy) is 2. The minimum atomic E-state index is -0.149. The first kappa shape index (κ1) is 15.6. The Hall–Kier alpha value is -2.30. The topological polar surface area (TPSA) is 55.8 Å². The SMILES string of the molecule is COc1cc2c(cc1OC)C1CC(=O)C(C(C)=O)=C(C)N1CC2. The van der Waals surface area contributed by atoms with Crippen LogP contribution in [-0.2, 0) is 16.0 Å².